The maximum absolute atomic E-state index is 5.58. The summed E-state index contributed by atoms with van der Waals surface area (Å²) in [5.41, 5.74) is 7.79. The molecule has 0 bridgehead atoms. The molecule has 1 nitrogen and oxygen atoms in total. The molecule has 1 unspecified atom stereocenters. The van der Waals surface area contributed by atoms with E-state index in [1.165, 1.54) is 5.56 Å². The molecule has 0 saturated carbocycles. The molecule has 0 aromatic heterocycles. The van der Waals surface area contributed by atoms with Crippen molar-refractivity contribution in [2.45, 2.75) is 18.6 Å². The third kappa shape index (κ3) is 2.78. The average Bonchev–Trinajstić information content (AvgIpc) is 2.09. The molecule has 0 aliphatic carbocycles. The highest BCUT2D eigenvalue weighted by atomic mass is 32.2. The van der Waals surface area contributed by atoms with Crippen molar-refractivity contribution in [2.75, 3.05) is 12.0 Å². The minimum atomic E-state index is 0.689. The molecule has 0 aliphatic heterocycles. The van der Waals surface area contributed by atoms with Gasteiger partial charge in [-0.2, -0.15) is 11.8 Å². The molecule has 12 heavy (non-hydrogen) atoms. The summed E-state index contributed by atoms with van der Waals surface area (Å²) in [6.07, 6.45) is 3.27. The van der Waals surface area contributed by atoms with Gasteiger partial charge in [0.2, 0.25) is 0 Å². The van der Waals surface area contributed by atoms with Crippen LogP contribution in [-0.4, -0.2) is 11.5 Å². The zero-order valence-electron chi connectivity index (χ0n) is 7.58. The lowest BCUT2D eigenvalue weighted by Crippen LogP contribution is -2.00. The molecule has 66 valence electrons. The lowest BCUT2D eigenvalue weighted by molar-refractivity contribution is 0.946. The molecule has 2 N–H and O–H groups in total. The smallest absolute Gasteiger partial charge is 0.0314 e. The van der Waals surface area contributed by atoms with E-state index in [9.17, 15) is 0 Å². The summed E-state index contributed by atoms with van der Waals surface area (Å²) in [6, 6.07) is 8.12. The van der Waals surface area contributed by atoms with Crippen LogP contribution in [0.2, 0.25) is 0 Å². The Hall–Kier alpha value is -0.630. The lowest BCUT2D eigenvalue weighted by atomic mass is 10.1. The molecule has 0 saturated heterocycles. The third-order valence-corrected chi connectivity index (χ3v) is 2.88. The Morgan fingerprint density at radius 2 is 1.92 bits per heavy atom. The number of anilines is 1. The molecule has 1 aromatic rings. The van der Waals surface area contributed by atoms with Gasteiger partial charge in [0.05, 0.1) is 0 Å². The summed E-state index contributed by atoms with van der Waals surface area (Å²) in [7, 11) is 0. The minimum absolute atomic E-state index is 0.689. The van der Waals surface area contributed by atoms with Crippen molar-refractivity contribution in [3.05, 3.63) is 29.8 Å². The molecule has 0 amide bonds. The van der Waals surface area contributed by atoms with Crippen LogP contribution in [0.15, 0.2) is 24.3 Å². The van der Waals surface area contributed by atoms with Crippen LogP contribution in [-0.2, 0) is 6.42 Å². The van der Waals surface area contributed by atoms with Gasteiger partial charge in [0.1, 0.15) is 0 Å². The first kappa shape index (κ1) is 9.46. The van der Waals surface area contributed by atoms with Crippen LogP contribution in [0.3, 0.4) is 0 Å². The van der Waals surface area contributed by atoms with Crippen molar-refractivity contribution in [3.63, 3.8) is 0 Å². The molecular formula is C10H15NS. The topological polar surface area (TPSA) is 26.0 Å². The Kier molecular flexibility index (Phi) is 3.48. The Bertz CT molecular complexity index is 230. The number of thioether (sulfide) groups is 1. The molecular weight excluding hydrogens is 166 g/mol. The molecule has 1 aromatic carbocycles. The van der Waals surface area contributed by atoms with Crippen LogP contribution >= 0.6 is 11.8 Å². The second kappa shape index (κ2) is 4.41. The van der Waals surface area contributed by atoms with Crippen LogP contribution in [0.25, 0.3) is 0 Å². The SMILES string of the molecule is CSC(C)Cc1ccc(N)cc1. The van der Waals surface area contributed by atoms with Crippen LogP contribution in [0, 0.1) is 0 Å². The van der Waals surface area contributed by atoms with E-state index in [4.69, 9.17) is 5.73 Å². The minimum Gasteiger partial charge on any atom is -0.399 e. The fourth-order valence-corrected chi connectivity index (χ4v) is 1.43. The molecule has 0 radical (unpaired) electrons. The molecule has 1 atom stereocenters. The van der Waals surface area contributed by atoms with E-state index in [2.05, 4.69) is 25.3 Å². The van der Waals surface area contributed by atoms with Crippen LogP contribution in [0.1, 0.15) is 12.5 Å². The number of nitrogens with two attached hydrogens (primary N) is 1. The Morgan fingerprint density at radius 1 is 1.33 bits per heavy atom. The standard InChI is InChI=1S/C10H15NS/c1-8(12-2)7-9-3-5-10(11)6-4-9/h3-6,8H,7,11H2,1-2H3. The van der Waals surface area contributed by atoms with Gasteiger partial charge in [-0.3, -0.25) is 0 Å². The molecule has 0 aliphatic rings. The number of hydrogen-bond donors (Lipinski definition) is 1. The van der Waals surface area contributed by atoms with E-state index in [1.54, 1.807) is 0 Å². The summed E-state index contributed by atoms with van der Waals surface area (Å²) in [5, 5.41) is 0.689. The van der Waals surface area contributed by atoms with Gasteiger partial charge in [-0.05, 0) is 30.4 Å². The molecule has 0 spiro atoms. The molecule has 0 heterocycles. The fourth-order valence-electron chi connectivity index (χ4n) is 1.07. The summed E-state index contributed by atoms with van der Waals surface area (Å²) in [6.45, 7) is 2.24. The second-order valence-electron chi connectivity index (χ2n) is 2.99. The average molecular weight is 181 g/mol. The molecule has 2 heteroatoms. The second-order valence-corrected chi connectivity index (χ2v) is 4.27. The quantitative estimate of drug-likeness (QED) is 0.725. The van der Waals surface area contributed by atoms with E-state index in [-0.39, 0.29) is 0 Å². The van der Waals surface area contributed by atoms with Crippen molar-refractivity contribution < 1.29 is 0 Å². The number of hydrogen-bond acceptors (Lipinski definition) is 2. The van der Waals surface area contributed by atoms with Gasteiger partial charge < -0.3 is 5.73 Å². The van der Waals surface area contributed by atoms with Gasteiger partial charge >= 0.3 is 0 Å². The van der Waals surface area contributed by atoms with Gasteiger partial charge in [0, 0.05) is 10.9 Å². The summed E-state index contributed by atoms with van der Waals surface area (Å²) < 4.78 is 0. The first-order valence-electron chi connectivity index (χ1n) is 4.09. The van der Waals surface area contributed by atoms with Crippen LogP contribution in [0.5, 0.6) is 0 Å². The number of nitrogen functional groups attached to an aromatic ring is 1. The summed E-state index contributed by atoms with van der Waals surface area (Å²) in [4.78, 5) is 0. The van der Waals surface area contributed by atoms with E-state index in [1.807, 2.05) is 23.9 Å². The summed E-state index contributed by atoms with van der Waals surface area (Å²) in [5.74, 6) is 0. The normalized spacial score (nSPS) is 12.8. The fraction of sp³-hybridized carbons (Fsp3) is 0.400. The van der Waals surface area contributed by atoms with E-state index >= 15 is 0 Å². The van der Waals surface area contributed by atoms with Crippen molar-refractivity contribution >= 4 is 17.4 Å². The van der Waals surface area contributed by atoms with Gasteiger partial charge in [-0.15, -0.1) is 0 Å². The maximum Gasteiger partial charge on any atom is 0.0314 e. The zero-order valence-corrected chi connectivity index (χ0v) is 8.40. The largest absolute Gasteiger partial charge is 0.399 e. The van der Waals surface area contributed by atoms with Crippen molar-refractivity contribution in [3.8, 4) is 0 Å². The van der Waals surface area contributed by atoms with Crippen LogP contribution < -0.4 is 5.73 Å². The molecule has 1 rings (SSSR count). The first-order chi connectivity index (χ1) is 5.72. The van der Waals surface area contributed by atoms with Gasteiger partial charge in [-0.25, -0.2) is 0 Å². The van der Waals surface area contributed by atoms with Gasteiger partial charge in [0.15, 0.2) is 0 Å². The lowest BCUT2D eigenvalue weighted by Gasteiger charge is -2.07. The predicted octanol–water partition coefficient (Wildman–Crippen LogP) is 2.56. The third-order valence-electron chi connectivity index (χ3n) is 1.91. The maximum atomic E-state index is 5.58. The highest BCUT2D eigenvalue weighted by molar-refractivity contribution is 7.99. The molecule has 0 fully saturated rings. The van der Waals surface area contributed by atoms with E-state index in [0.29, 0.717) is 5.25 Å². The highest BCUT2D eigenvalue weighted by Gasteiger charge is 2.00. The monoisotopic (exact) mass is 181 g/mol. The van der Waals surface area contributed by atoms with Crippen molar-refractivity contribution in [1.29, 1.82) is 0 Å². The van der Waals surface area contributed by atoms with E-state index in [0.717, 1.165) is 12.1 Å². The number of rotatable bonds is 3. The number of benzene rings is 1. The van der Waals surface area contributed by atoms with Gasteiger partial charge in [-0.1, -0.05) is 19.1 Å². The van der Waals surface area contributed by atoms with Crippen molar-refractivity contribution in [2.24, 2.45) is 0 Å². The van der Waals surface area contributed by atoms with E-state index < -0.39 is 0 Å². The van der Waals surface area contributed by atoms with Crippen molar-refractivity contribution in [1.82, 2.24) is 0 Å². The summed E-state index contributed by atoms with van der Waals surface area (Å²) >= 11 is 1.89. The Labute approximate surface area is 78.4 Å². The highest BCUT2D eigenvalue weighted by Crippen LogP contribution is 2.14. The zero-order chi connectivity index (χ0) is 8.97. The first-order valence-corrected chi connectivity index (χ1v) is 5.38. The van der Waals surface area contributed by atoms with Crippen LogP contribution in [0.4, 0.5) is 5.69 Å². The Morgan fingerprint density at radius 3 is 2.42 bits per heavy atom. The predicted molar refractivity (Wildman–Crippen MR) is 57.5 cm³/mol. The Balaban J connectivity index is 2.58. The van der Waals surface area contributed by atoms with Gasteiger partial charge in [0.25, 0.3) is 0 Å².